The van der Waals surface area contributed by atoms with Crippen molar-refractivity contribution < 1.29 is 4.79 Å². The van der Waals surface area contributed by atoms with E-state index < -0.39 is 5.92 Å². The minimum absolute atomic E-state index is 0.383. The van der Waals surface area contributed by atoms with Gasteiger partial charge in [-0.15, -0.1) is 0 Å². The Morgan fingerprint density at radius 2 is 1.95 bits per heavy atom. The number of rotatable bonds is 3. The summed E-state index contributed by atoms with van der Waals surface area (Å²) in [5.74, 6) is -1.24. The highest BCUT2D eigenvalue weighted by Gasteiger charge is 2.20. The molecule has 4 heteroatoms. The molecule has 0 aromatic heterocycles. The molecule has 0 saturated carbocycles. The van der Waals surface area contributed by atoms with Crippen molar-refractivity contribution in [1.29, 1.82) is 5.26 Å². The van der Waals surface area contributed by atoms with Gasteiger partial charge in [0.05, 0.1) is 16.8 Å². The largest absolute Gasteiger partial charge is 0.323 e. The Morgan fingerprint density at radius 1 is 1.25 bits per heavy atom. The molecule has 0 bridgehead atoms. The summed E-state index contributed by atoms with van der Waals surface area (Å²) in [6.07, 6.45) is 0. The second-order valence-electron chi connectivity index (χ2n) is 4.45. The third-order valence-corrected chi connectivity index (χ3v) is 3.23. The van der Waals surface area contributed by atoms with Crippen LogP contribution in [0.25, 0.3) is 0 Å². The Bertz CT molecular complexity index is 662. The quantitative estimate of drug-likeness (QED) is 0.929. The third-order valence-electron chi connectivity index (χ3n) is 2.90. The fourth-order valence-corrected chi connectivity index (χ4v) is 2.03. The lowest BCUT2D eigenvalue weighted by Gasteiger charge is -2.12. The summed E-state index contributed by atoms with van der Waals surface area (Å²) in [5.41, 5.74) is 2.17. The maximum atomic E-state index is 12.2. The highest BCUT2D eigenvalue weighted by molar-refractivity contribution is 6.33. The zero-order chi connectivity index (χ0) is 14.5. The summed E-state index contributed by atoms with van der Waals surface area (Å²) in [5, 5.41) is 12.4. The monoisotopic (exact) mass is 284 g/mol. The van der Waals surface area contributed by atoms with Gasteiger partial charge in [0.15, 0.2) is 5.92 Å². The molecule has 0 radical (unpaired) electrons. The highest BCUT2D eigenvalue weighted by atomic mass is 35.5. The van der Waals surface area contributed by atoms with Crippen molar-refractivity contribution in [3.63, 3.8) is 0 Å². The molecule has 1 amide bonds. The molecule has 1 unspecified atom stereocenters. The van der Waals surface area contributed by atoms with Crippen LogP contribution in [0.15, 0.2) is 48.5 Å². The van der Waals surface area contributed by atoms with E-state index in [0.29, 0.717) is 16.3 Å². The number of hydrogen-bond donors (Lipinski definition) is 1. The van der Waals surface area contributed by atoms with Gasteiger partial charge in [-0.2, -0.15) is 5.26 Å². The Labute approximate surface area is 122 Å². The van der Waals surface area contributed by atoms with E-state index >= 15 is 0 Å². The first-order chi connectivity index (χ1) is 9.61. The number of carbonyl (C=O) groups is 1. The van der Waals surface area contributed by atoms with E-state index in [4.69, 9.17) is 11.6 Å². The van der Waals surface area contributed by atoms with E-state index in [1.807, 2.05) is 25.1 Å². The number of carbonyl (C=O) groups excluding carboxylic acids is 1. The van der Waals surface area contributed by atoms with Crippen molar-refractivity contribution in [2.24, 2.45) is 0 Å². The minimum atomic E-state index is -0.854. The van der Waals surface area contributed by atoms with E-state index in [9.17, 15) is 10.1 Å². The van der Waals surface area contributed by atoms with Crippen LogP contribution in [0.5, 0.6) is 0 Å². The van der Waals surface area contributed by atoms with Gasteiger partial charge < -0.3 is 5.32 Å². The maximum Gasteiger partial charge on any atom is 0.246 e. The molecule has 100 valence electrons. The van der Waals surface area contributed by atoms with Crippen LogP contribution < -0.4 is 5.32 Å². The molecule has 0 aliphatic heterocycles. The average Bonchev–Trinajstić information content (AvgIpc) is 2.45. The minimum Gasteiger partial charge on any atom is -0.323 e. The van der Waals surface area contributed by atoms with Gasteiger partial charge >= 0.3 is 0 Å². The topological polar surface area (TPSA) is 52.9 Å². The third kappa shape index (κ3) is 3.17. The second-order valence-corrected chi connectivity index (χ2v) is 4.85. The van der Waals surface area contributed by atoms with Crippen LogP contribution in [0, 0.1) is 18.3 Å². The lowest BCUT2D eigenvalue weighted by atomic mass is 10.00. The molecular weight excluding hydrogens is 272 g/mol. The van der Waals surface area contributed by atoms with Crippen LogP contribution in [-0.4, -0.2) is 5.91 Å². The van der Waals surface area contributed by atoms with Crippen LogP contribution in [0.1, 0.15) is 17.0 Å². The van der Waals surface area contributed by atoms with Crippen molar-refractivity contribution in [3.8, 4) is 6.07 Å². The van der Waals surface area contributed by atoms with Crippen LogP contribution >= 0.6 is 11.6 Å². The molecule has 3 nitrogen and oxygen atoms in total. The zero-order valence-electron chi connectivity index (χ0n) is 10.9. The summed E-state index contributed by atoms with van der Waals surface area (Å²) < 4.78 is 0. The van der Waals surface area contributed by atoms with Gasteiger partial charge in [0.2, 0.25) is 5.91 Å². The van der Waals surface area contributed by atoms with E-state index in [2.05, 4.69) is 5.32 Å². The Kier molecular flexibility index (Phi) is 4.39. The average molecular weight is 285 g/mol. The number of nitrogens with one attached hydrogen (secondary N) is 1. The molecule has 20 heavy (non-hydrogen) atoms. The van der Waals surface area contributed by atoms with E-state index in [1.165, 1.54) is 0 Å². The number of hydrogen-bond acceptors (Lipinski definition) is 2. The second kappa shape index (κ2) is 6.23. The zero-order valence-corrected chi connectivity index (χ0v) is 11.7. The van der Waals surface area contributed by atoms with Gasteiger partial charge in [0.1, 0.15) is 0 Å². The number of nitriles is 1. The molecule has 1 N–H and O–H groups in total. The summed E-state index contributed by atoms with van der Waals surface area (Å²) in [6.45, 7) is 1.91. The van der Waals surface area contributed by atoms with E-state index in [1.54, 1.807) is 36.4 Å². The normalized spacial score (nSPS) is 11.4. The molecule has 2 aromatic rings. The van der Waals surface area contributed by atoms with Crippen molar-refractivity contribution in [2.75, 3.05) is 5.32 Å². The van der Waals surface area contributed by atoms with E-state index in [-0.39, 0.29) is 5.91 Å². The molecular formula is C16H13ClN2O. The van der Waals surface area contributed by atoms with Crippen molar-refractivity contribution in [1.82, 2.24) is 0 Å². The predicted octanol–water partition coefficient (Wildman–Crippen LogP) is 3.89. The van der Waals surface area contributed by atoms with Crippen LogP contribution in [-0.2, 0) is 4.79 Å². The number of nitrogens with zero attached hydrogens (tertiary/aromatic N) is 1. The maximum absolute atomic E-state index is 12.2. The molecule has 0 aliphatic rings. The van der Waals surface area contributed by atoms with Crippen LogP contribution in [0.2, 0.25) is 5.02 Å². The first-order valence-electron chi connectivity index (χ1n) is 6.13. The van der Waals surface area contributed by atoms with E-state index in [0.717, 1.165) is 5.56 Å². The molecule has 0 heterocycles. The Morgan fingerprint density at radius 3 is 2.60 bits per heavy atom. The number of amides is 1. The first-order valence-corrected chi connectivity index (χ1v) is 6.51. The van der Waals surface area contributed by atoms with Gasteiger partial charge in [0, 0.05) is 0 Å². The summed E-state index contributed by atoms with van der Waals surface area (Å²) in [6, 6.07) is 16.3. The summed E-state index contributed by atoms with van der Waals surface area (Å²) in [7, 11) is 0. The van der Waals surface area contributed by atoms with Crippen LogP contribution in [0.3, 0.4) is 0 Å². The SMILES string of the molecule is Cc1ccc(Cl)c(NC(=O)C(C#N)c2ccccc2)c1. The molecule has 0 fully saturated rings. The fourth-order valence-electron chi connectivity index (χ4n) is 1.87. The number of halogens is 1. The fraction of sp³-hybridized carbons (Fsp3) is 0.125. The van der Waals surface area contributed by atoms with Crippen molar-refractivity contribution in [2.45, 2.75) is 12.8 Å². The number of anilines is 1. The molecule has 0 aliphatic carbocycles. The number of benzene rings is 2. The molecule has 2 aromatic carbocycles. The molecule has 0 saturated heterocycles. The molecule has 0 spiro atoms. The Hall–Kier alpha value is -2.31. The summed E-state index contributed by atoms with van der Waals surface area (Å²) >= 11 is 6.04. The van der Waals surface area contributed by atoms with Crippen molar-refractivity contribution >= 4 is 23.2 Å². The predicted molar refractivity (Wildman–Crippen MR) is 79.6 cm³/mol. The summed E-state index contributed by atoms with van der Waals surface area (Å²) in [4.78, 5) is 12.2. The van der Waals surface area contributed by atoms with Gasteiger partial charge in [-0.1, -0.05) is 48.0 Å². The Balaban J connectivity index is 2.23. The molecule has 1 atom stereocenters. The van der Waals surface area contributed by atoms with Crippen LogP contribution in [0.4, 0.5) is 5.69 Å². The lowest BCUT2D eigenvalue weighted by Crippen LogP contribution is -2.20. The molecule has 2 rings (SSSR count). The van der Waals surface area contributed by atoms with Crippen molar-refractivity contribution in [3.05, 3.63) is 64.7 Å². The standard InChI is InChI=1S/C16H13ClN2O/c1-11-7-8-14(17)15(9-11)19-16(20)13(10-18)12-5-3-2-4-6-12/h2-9,13H,1H3,(H,19,20). The number of aryl methyl sites for hydroxylation is 1. The van der Waals surface area contributed by atoms with Gasteiger partial charge in [-0.25, -0.2) is 0 Å². The van der Waals surface area contributed by atoms with Gasteiger partial charge in [0.25, 0.3) is 0 Å². The first kappa shape index (κ1) is 14.1. The van der Waals surface area contributed by atoms with Gasteiger partial charge in [-0.05, 0) is 30.2 Å². The smallest absolute Gasteiger partial charge is 0.246 e. The van der Waals surface area contributed by atoms with Gasteiger partial charge in [-0.3, -0.25) is 4.79 Å². The lowest BCUT2D eigenvalue weighted by molar-refractivity contribution is -0.116. The highest BCUT2D eigenvalue weighted by Crippen LogP contribution is 2.25.